The van der Waals surface area contributed by atoms with E-state index in [9.17, 15) is 18.0 Å². The van der Waals surface area contributed by atoms with E-state index in [1.54, 1.807) is 42.5 Å². The zero-order valence-corrected chi connectivity index (χ0v) is 18.0. The number of hydrazine groups is 1. The summed E-state index contributed by atoms with van der Waals surface area (Å²) in [5.41, 5.74) is 5.54. The van der Waals surface area contributed by atoms with Crippen LogP contribution in [0.5, 0.6) is 5.75 Å². The third kappa shape index (κ3) is 5.71. The summed E-state index contributed by atoms with van der Waals surface area (Å²) in [4.78, 5) is 24.1. The number of benzene rings is 2. The summed E-state index contributed by atoms with van der Waals surface area (Å²) in [7, 11) is -2.28. The summed E-state index contributed by atoms with van der Waals surface area (Å²) in [5.74, 6) is -0.746. The summed E-state index contributed by atoms with van der Waals surface area (Å²) in [5, 5.41) is 0. The molecule has 0 unspecified atom stereocenters. The first kappa shape index (κ1) is 22.5. The fourth-order valence-electron chi connectivity index (χ4n) is 3.24. The Kier molecular flexibility index (Phi) is 7.43. The number of nitrogens with one attached hydrogen (secondary N) is 2. The zero-order valence-electron chi connectivity index (χ0n) is 17.2. The molecule has 0 radical (unpaired) electrons. The average Bonchev–Trinajstić information content (AvgIpc) is 2.82. The number of sulfonamides is 1. The monoisotopic (exact) mass is 443 g/mol. The van der Waals surface area contributed by atoms with Gasteiger partial charge in [0.05, 0.1) is 7.11 Å². The maximum atomic E-state index is 13.1. The minimum Gasteiger partial charge on any atom is -0.495 e. The van der Waals surface area contributed by atoms with Gasteiger partial charge in [-0.25, -0.2) is 8.42 Å². The highest BCUT2D eigenvalue weighted by Gasteiger charge is 2.29. The Hall–Kier alpha value is -3.17. The van der Waals surface area contributed by atoms with Crippen LogP contribution in [-0.2, 0) is 14.8 Å². The summed E-state index contributed by atoms with van der Waals surface area (Å²) in [6, 6.07) is 13.2. The minimum atomic E-state index is -3.70. The SMILES string of the molecule is COc1ccc(/C=C/C(=O)NNC(=O)c2ccccc2)cc1S(=O)(=O)N1CCCCC1. The largest absolute Gasteiger partial charge is 0.495 e. The van der Waals surface area contributed by atoms with Crippen molar-refractivity contribution in [1.29, 1.82) is 0 Å². The lowest BCUT2D eigenvalue weighted by Gasteiger charge is -2.26. The topological polar surface area (TPSA) is 105 Å². The smallest absolute Gasteiger partial charge is 0.269 e. The van der Waals surface area contributed by atoms with Crippen molar-refractivity contribution < 1.29 is 22.7 Å². The molecule has 3 rings (SSSR count). The molecule has 8 nitrogen and oxygen atoms in total. The van der Waals surface area contributed by atoms with Gasteiger partial charge in [0.25, 0.3) is 11.8 Å². The molecule has 1 aliphatic rings. The van der Waals surface area contributed by atoms with Crippen LogP contribution in [-0.4, -0.2) is 44.7 Å². The molecule has 2 N–H and O–H groups in total. The Morgan fingerprint density at radius 1 is 1.00 bits per heavy atom. The van der Waals surface area contributed by atoms with E-state index in [1.807, 2.05) is 0 Å². The third-order valence-corrected chi connectivity index (χ3v) is 6.80. The van der Waals surface area contributed by atoms with Crippen molar-refractivity contribution in [1.82, 2.24) is 15.2 Å². The molecule has 31 heavy (non-hydrogen) atoms. The molecule has 9 heteroatoms. The Balaban J connectivity index is 1.70. The van der Waals surface area contributed by atoms with Crippen LogP contribution in [0.1, 0.15) is 35.2 Å². The van der Waals surface area contributed by atoms with Crippen LogP contribution in [0.25, 0.3) is 6.08 Å². The molecule has 0 saturated carbocycles. The highest BCUT2D eigenvalue weighted by molar-refractivity contribution is 7.89. The van der Waals surface area contributed by atoms with Gasteiger partial charge >= 0.3 is 0 Å². The second kappa shape index (κ2) is 10.2. The number of nitrogens with zero attached hydrogens (tertiary/aromatic N) is 1. The first-order valence-corrected chi connectivity index (χ1v) is 11.4. The molecule has 1 fully saturated rings. The van der Waals surface area contributed by atoms with Crippen molar-refractivity contribution in [2.75, 3.05) is 20.2 Å². The van der Waals surface area contributed by atoms with E-state index in [-0.39, 0.29) is 10.6 Å². The van der Waals surface area contributed by atoms with Gasteiger partial charge < -0.3 is 4.74 Å². The Morgan fingerprint density at radius 2 is 1.71 bits per heavy atom. The molecule has 0 aromatic heterocycles. The third-order valence-electron chi connectivity index (χ3n) is 4.88. The van der Waals surface area contributed by atoms with Gasteiger partial charge in [-0.1, -0.05) is 30.7 Å². The van der Waals surface area contributed by atoms with Gasteiger partial charge in [-0.3, -0.25) is 20.4 Å². The highest BCUT2D eigenvalue weighted by Crippen LogP contribution is 2.29. The lowest BCUT2D eigenvalue weighted by Crippen LogP contribution is -2.40. The van der Waals surface area contributed by atoms with E-state index in [2.05, 4.69) is 10.9 Å². The van der Waals surface area contributed by atoms with Crippen molar-refractivity contribution in [2.45, 2.75) is 24.2 Å². The maximum Gasteiger partial charge on any atom is 0.269 e. The zero-order chi connectivity index (χ0) is 22.3. The molecule has 1 saturated heterocycles. The Morgan fingerprint density at radius 3 is 2.39 bits per heavy atom. The number of piperidine rings is 1. The predicted molar refractivity (Wildman–Crippen MR) is 117 cm³/mol. The number of ether oxygens (including phenoxy) is 1. The number of rotatable bonds is 6. The summed E-state index contributed by atoms with van der Waals surface area (Å²) >= 11 is 0. The van der Waals surface area contributed by atoms with Crippen LogP contribution in [0.4, 0.5) is 0 Å². The van der Waals surface area contributed by atoms with Gasteiger partial charge in [0.2, 0.25) is 10.0 Å². The van der Waals surface area contributed by atoms with Gasteiger partial charge in [0.15, 0.2) is 0 Å². The first-order chi connectivity index (χ1) is 14.9. The maximum absolute atomic E-state index is 13.1. The Labute approximate surface area is 181 Å². The minimum absolute atomic E-state index is 0.0665. The van der Waals surface area contributed by atoms with Gasteiger partial charge in [-0.05, 0) is 48.7 Å². The number of carbonyl (C=O) groups is 2. The lowest BCUT2D eigenvalue weighted by molar-refractivity contribution is -0.117. The van der Waals surface area contributed by atoms with Crippen molar-refractivity contribution in [3.63, 3.8) is 0 Å². The van der Waals surface area contributed by atoms with Gasteiger partial charge in [-0.2, -0.15) is 4.31 Å². The molecule has 2 aromatic rings. The fourth-order valence-corrected chi connectivity index (χ4v) is 4.94. The van der Waals surface area contributed by atoms with E-state index >= 15 is 0 Å². The Bertz CT molecular complexity index is 1060. The molecule has 0 bridgehead atoms. The molecule has 2 aromatic carbocycles. The molecule has 164 valence electrons. The molecule has 2 amide bonds. The number of hydrogen-bond acceptors (Lipinski definition) is 5. The molecular weight excluding hydrogens is 418 g/mol. The van der Waals surface area contributed by atoms with Crippen molar-refractivity contribution in [2.24, 2.45) is 0 Å². The van der Waals surface area contributed by atoms with E-state index in [0.29, 0.717) is 24.2 Å². The van der Waals surface area contributed by atoms with Crippen molar-refractivity contribution >= 4 is 27.9 Å². The number of methoxy groups -OCH3 is 1. The van der Waals surface area contributed by atoms with Crippen LogP contribution in [0.2, 0.25) is 0 Å². The van der Waals surface area contributed by atoms with Crippen molar-refractivity contribution in [3.05, 3.63) is 65.7 Å². The number of hydrogen-bond donors (Lipinski definition) is 2. The fraction of sp³-hybridized carbons (Fsp3) is 0.273. The normalized spacial score (nSPS) is 14.9. The number of carbonyl (C=O) groups excluding carboxylic acids is 2. The van der Waals surface area contributed by atoms with Gasteiger partial charge in [-0.15, -0.1) is 0 Å². The van der Waals surface area contributed by atoms with E-state index in [0.717, 1.165) is 19.3 Å². The van der Waals surface area contributed by atoms with E-state index in [1.165, 1.54) is 29.6 Å². The van der Waals surface area contributed by atoms with Crippen molar-refractivity contribution in [3.8, 4) is 5.75 Å². The van der Waals surface area contributed by atoms with Gasteiger partial charge in [0, 0.05) is 24.7 Å². The molecule has 0 spiro atoms. The van der Waals surface area contributed by atoms with E-state index < -0.39 is 21.8 Å². The number of amides is 2. The molecule has 0 aliphatic carbocycles. The van der Waals surface area contributed by atoms with Crippen LogP contribution in [0.3, 0.4) is 0 Å². The second-order valence-electron chi connectivity index (χ2n) is 7.02. The van der Waals surface area contributed by atoms with Crippen LogP contribution >= 0.6 is 0 Å². The standard InChI is InChI=1S/C22H25N3O5S/c1-30-19-12-10-17(16-20(19)31(28,29)25-14-6-3-7-15-25)11-13-21(26)23-24-22(27)18-8-4-2-5-9-18/h2,4-5,8-13,16H,3,6-7,14-15H2,1H3,(H,23,26)(H,24,27)/b13-11+. The van der Waals surface area contributed by atoms with Gasteiger partial charge in [0.1, 0.15) is 10.6 Å². The summed E-state index contributed by atoms with van der Waals surface area (Å²) in [6.07, 6.45) is 5.36. The summed E-state index contributed by atoms with van der Waals surface area (Å²) < 4.78 is 32.8. The second-order valence-corrected chi connectivity index (χ2v) is 8.92. The summed E-state index contributed by atoms with van der Waals surface area (Å²) in [6.45, 7) is 0.962. The quantitative estimate of drug-likeness (QED) is 0.527. The lowest BCUT2D eigenvalue weighted by atomic mass is 10.2. The van der Waals surface area contributed by atoms with Crippen LogP contribution in [0.15, 0.2) is 59.5 Å². The first-order valence-electron chi connectivity index (χ1n) is 9.93. The van der Waals surface area contributed by atoms with Crippen LogP contribution in [0, 0.1) is 0 Å². The predicted octanol–water partition coefficient (Wildman–Crippen LogP) is 2.34. The highest BCUT2D eigenvalue weighted by atomic mass is 32.2. The average molecular weight is 444 g/mol. The van der Waals surface area contributed by atoms with E-state index in [4.69, 9.17) is 4.74 Å². The molecule has 0 atom stereocenters. The van der Waals surface area contributed by atoms with Crippen LogP contribution < -0.4 is 15.6 Å². The molecule has 1 heterocycles. The molecular formula is C22H25N3O5S. The molecule has 1 aliphatic heterocycles.